The second kappa shape index (κ2) is 46.0. The number of aliphatic hydroxyl groups is 1. The van der Waals surface area contributed by atoms with E-state index in [0.717, 1.165) is 70.6 Å². The van der Waals surface area contributed by atoms with E-state index in [0.29, 0.717) is 13.0 Å². The Morgan fingerprint density at radius 1 is 0.512 bits per heavy atom. The summed E-state index contributed by atoms with van der Waals surface area (Å²) in [6.07, 6.45) is 48.7. The van der Waals surface area contributed by atoms with Gasteiger partial charge in [-0.2, -0.15) is 0 Å². The number of carbonyl (C=O) groups is 1. The molecule has 0 rings (SSSR count). The van der Waals surface area contributed by atoms with Gasteiger partial charge in [-0.15, -0.1) is 0 Å². The van der Waals surface area contributed by atoms with E-state index in [4.69, 9.17) is 10.2 Å². The summed E-state index contributed by atoms with van der Waals surface area (Å²) in [4.78, 5) is 10.3. The van der Waals surface area contributed by atoms with Gasteiger partial charge >= 0.3 is 24.8 Å². The molecule has 0 saturated carbocycles. The quantitative estimate of drug-likeness (QED) is 0.0648. The van der Waals surface area contributed by atoms with Crippen molar-refractivity contribution in [3.8, 4) is 0 Å². The zero-order valence-electron chi connectivity index (χ0n) is 27.6. The summed E-state index contributed by atoms with van der Waals surface area (Å²) in [5, 5.41) is 17.2. The number of carboxylic acids is 1. The molecular weight excluding hydrogens is 514 g/mol. The van der Waals surface area contributed by atoms with Crippen molar-refractivity contribution in [3.05, 3.63) is 72.9 Å². The van der Waals surface area contributed by atoms with Crippen LogP contribution in [0.25, 0.3) is 0 Å². The predicted molar refractivity (Wildman–Crippen MR) is 184 cm³/mol. The van der Waals surface area contributed by atoms with Crippen LogP contribution in [0.2, 0.25) is 0 Å². The van der Waals surface area contributed by atoms with Crippen molar-refractivity contribution in [1.82, 2.24) is 0 Å². The Kier molecular flexibility index (Phi) is 52.6. The third-order valence-corrected chi connectivity index (χ3v) is 6.10. The molecule has 0 saturated heterocycles. The van der Waals surface area contributed by atoms with Crippen LogP contribution in [0.3, 0.4) is 0 Å². The Morgan fingerprint density at radius 2 is 0.829 bits per heavy atom. The van der Waals surface area contributed by atoms with Gasteiger partial charge in [0.2, 0.25) is 0 Å². The molecule has 0 heterocycles. The Morgan fingerprint density at radius 3 is 1.20 bits per heavy atom. The molecule has 0 radical (unpaired) electrons. The van der Waals surface area contributed by atoms with Crippen LogP contribution in [0.5, 0.6) is 0 Å². The maximum absolute atomic E-state index is 10.3. The molecule has 0 amide bonds. The number of carboxylic acid groups (broad SMARTS) is 1. The summed E-state index contributed by atoms with van der Waals surface area (Å²) in [7, 11) is 0. The van der Waals surface area contributed by atoms with Crippen LogP contribution in [0.15, 0.2) is 72.9 Å². The monoisotopic (exact) mass is 580 g/mol. The summed E-state index contributed by atoms with van der Waals surface area (Å²) in [5.41, 5.74) is 0. The fourth-order valence-corrected chi connectivity index (χ4v) is 3.80. The molecule has 0 atom stereocenters. The fraction of sp³-hybridized carbons (Fsp3) is 0.639. The van der Waals surface area contributed by atoms with Crippen LogP contribution in [0.4, 0.5) is 0 Å². The number of allylic oxidation sites excluding steroid dienone is 12. The van der Waals surface area contributed by atoms with E-state index < -0.39 is 5.97 Å². The van der Waals surface area contributed by atoms with Gasteiger partial charge in [0.05, 0.1) is 0 Å². The molecule has 5 heteroatoms. The van der Waals surface area contributed by atoms with Gasteiger partial charge in [-0.1, -0.05) is 132 Å². The molecule has 0 aromatic carbocycles. The molecule has 0 aromatic rings. The van der Waals surface area contributed by atoms with Crippen LogP contribution in [0.1, 0.15) is 144 Å². The molecule has 0 spiro atoms. The Labute approximate surface area is 279 Å². The van der Waals surface area contributed by atoms with Gasteiger partial charge in [0.15, 0.2) is 17.4 Å². The third kappa shape index (κ3) is 52.1. The molecule has 0 aromatic heterocycles. The number of hydrogen-bond donors (Lipinski definition) is 2. The average molecular weight is 581 g/mol. The first-order chi connectivity index (χ1) is 19.2. The van der Waals surface area contributed by atoms with Gasteiger partial charge in [-0.3, -0.25) is 4.79 Å². The van der Waals surface area contributed by atoms with Crippen LogP contribution in [-0.4, -0.2) is 40.2 Å². The van der Waals surface area contributed by atoms with Crippen molar-refractivity contribution in [1.29, 1.82) is 0 Å². The first kappa shape index (κ1) is 46.9. The molecule has 41 heavy (non-hydrogen) atoms. The minimum absolute atomic E-state index is 0. The Hall–Kier alpha value is -1.00. The predicted octanol–water partition coefficient (Wildman–Crippen LogP) is 7.16. The van der Waals surface area contributed by atoms with E-state index in [9.17, 15) is 4.79 Å². The molecular formula is C36H66AlLiO3. The first-order valence-corrected chi connectivity index (χ1v) is 15.9. The van der Waals surface area contributed by atoms with Gasteiger partial charge in [0.25, 0.3) is 0 Å². The molecule has 232 valence electrons. The molecule has 0 bridgehead atoms. The van der Waals surface area contributed by atoms with Crippen LogP contribution >= 0.6 is 0 Å². The number of rotatable bonds is 26. The number of aliphatic hydroxyl groups excluding tert-OH is 1. The summed E-state index contributed by atoms with van der Waals surface area (Å²) in [5.74, 6) is -0.675. The smallest absolute Gasteiger partial charge is 1.00 e. The van der Waals surface area contributed by atoms with Gasteiger partial charge in [-0.25, -0.2) is 0 Å². The normalized spacial score (nSPS) is 11.6. The van der Waals surface area contributed by atoms with E-state index in [1.54, 1.807) is 0 Å². The zero-order chi connectivity index (χ0) is 28.9. The molecule has 0 aliphatic carbocycles. The molecule has 0 fully saturated rings. The number of aliphatic carboxylic acids is 1. The fourth-order valence-electron chi connectivity index (χ4n) is 3.80. The SMILES string of the molecule is CC/C=C\C/C=C\C/C=C\CCCCCCCC(=O)O.CC/C=C\C/C=C\C/C=C\CCCCCCCCO.[AlH3].[H-].[Li+]. The van der Waals surface area contributed by atoms with Crippen LogP contribution in [0, 0.1) is 0 Å². The average Bonchev–Trinajstić information content (AvgIpc) is 2.93. The van der Waals surface area contributed by atoms with Crippen molar-refractivity contribution in [3.63, 3.8) is 0 Å². The first-order valence-electron chi connectivity index (χ1n) is 15.9. The van der Waals surface area contributed by atoms with Gasteiger partial charge in [0, 0.05) is 13.0 Å². The second-order valence-corrected chi connectivity index (χ2v) is 9.92. The van der Waals surface area contributed by atoms with Gasteiger partial charge < -0.3 is 11.6 Å². The summed E-state index contributed by atoms with van der Waals surface area (Å²) in [6.45, 7) is 4.66. The zero-order valence-corrected chi connectivity index (χ0v) is 26.6. The summed E-state index contributed by atoms with van der Waals surface area (Å²) < 4.78 is 0. The van der Waals surface area contributed by atoms with Gasteiger partial charge in [-0.05, 0) is 77.0 Å². The van der Waals surface area contributed by atoms with E-state index in [-0.39, 0.29) is 37.6 Å². The summed E-state index contributed by atoms with van der Waals surface area (Å²) >= 11 is 0. The Balaban J connectivity index is -0.000000203. The molecule has 2 N–H and O–H groups in total. The number of hydrogen-bond acceptors (Lipinski definition) is 2. The second-order valence-electron chi connectivity index (χ2n) is 9.92. The molecule has 3 nitrogen and oxygen atoms in total. The molecule has 0 unspecified atom stereocenters. The maximum atomic E-state index is 10.3. The number of unbranched alkanes of at least 4 members (excludes halogenated alkanes) is 11. The van der Waals surface area contributed by atoms with Crippen LogP contribution in [-0.2, 0) is 4.79 Å². The third-order valence-electron chi connectivity index (χ3n) is 6.10. The van der Waals surface area contributed by atoms with E-state index in [1.807, 2.05) is 0 Å². The largest absolute Gasteiger partial charge is 1.00 e. The van der Waals surface area contributed by atoms with Crippen molar-refractivity contribution >= 4 is 23.3 Å². The topological polar surface area (TPSA) is 57.5 Å². The van der Waals surface area contributed by atoms with Crippen LogP contribution < -0.4 is 18.9 Å². The Bertz CT molecular complexity index is 673. The molecule has 0 aliphatic heterocycles. The van der Waals surface area contributed by atoms with Crippen molar-refractivity contribution in [2.45, 2.75) is 142 Å². The minimum Gasteiger partial charge on any atom is -1.00 e. The van der Waals surface area contributed by atoms with E-state index in [2.05, 4.69) is 86.8 Å². The van der Waals surface area contributed by atoms with Crippen molar-refractivity contribution < 1.29 is 35.3 Å². The summed E-state index contributed by atoms with van der Waals surface area (Å²) in [6, 6.07) is 0. The minimum atomic E-state index is -0.675. The maximum Gasteiger partial charge on any atom is 1.00 e. The van der Waals surface area contributed by atoms with E-state index in [1.165, 1.54) is 51.4 Å². The van der Waals surface area contributed by atoms with Gasteiger partial charge in [0.1, 0.15) is 0 Å². The standard InChI is InChI=1S/C18H30O2.C18H32O.Al.Li.4H/c1-2-3-4-5-6-7-8-9-10-11-12-13-14-15-16-17-18(19)20;1-2-3-4-5-6-7-8-9-10-11-12-13-14-15-16-17-18-19;;;;;;/h3-4,6-7,9-10H,2,5,8,11-17H2,1H3,(H,19,20);3-4,6-7,9-10,19H,2,5,8,11-18H2,1H3;;;;;;/q;;;+1;;;;-1/b2*4-3-,7-6-,10-9-;;;;;;. The van der Waals surface area contributed by atoms with Crippen molar-refractivity contribution in [2.75, 3.05) is 6.61 Å². The molecule has 0 aliphatic rings. The van der Waals surface area contributed by atoms with E-state index >= 15 is 0 Å². The van der Waals surface area contributed by atoms with Crippen molar-refractivity contribution in [2.24, 2.45) is 0 Å².